The maximum atomic E-state index is 12.8. The number of anilines is 3. The second kappa shape index (κ2) is 9.10. The van der Waals surface area contributed by atoms with Crippen molar-refractivity contribution in [1.82, 2.24) is 9.97 Å². The van der Waals surface area contributed by atoms with Gasteiger partial charge in [0.15, 0.2) is 0 Å². The van der Waals surface area contributed by atoms with Crippen molar-refractivity contribution in [2.75, 3.05) is 41.3 Å². The molecule has 0 atom stereocenters. The van der Waals surface area contributed by atoms with E-state index >= 15 is 0 Å². The predicted octanol–water partition coefficient (Wildman–Crippen LogP) is 1.51. The first kappa shape index (κ1) is 24.0. The van der Waals surface area contributed by atoms with Crippen LogP contribution in [0.25, 0.3) is 0 Å². The first-order valence-corrected chi connectivity index (χ1v) is 9.87. The Morgan fingerprint density at radius 1 is 1.24 bits per heavy atom. The number of nitrogens with one attached hydrogen (secondary N) is 1. The number of benzene rings is 1. The smallest absolute Gasteiger partial charge is 0.406 e. The third-order valence-electron chi connectivity index (χ3n) is 4.54. The number of aromatic nitrogens is 2. The third-order valence-corrected chi connectivity index (χ3v) is 4.54. The lowest BCUT2D eigenvalue weighted by atomic mass is 10.1. The number of aliphatic hydroxyl groups is 1. The summed E-state index contributed by atoms with van der Waals surface area (Å²) in [7, 11) is 0. The van der Waals surface area contributed by atoms with Crippen molar-refractivity contribution < 1.29 is 32.6 Å². The summed E-state index contributed by atoms with van der Waals surface area (Å²) >= 11 is 0. The number of nitrogens with zero attached hydrogens (tertiary/aromatic N) is 4. The van der Waals surface area contributed by atoms with Crippen molar-refractivity contribution in [1.29, 1.82) is 0 Å². The normalized spacial score (nSPS) is 14.9. The molecule has 0 unspecified atom stereocenters. The molecule has 13 heteroatoms. The fraction of sp³-hybridized carbons (Fsp3) is 0.400. The first-order chi connectivity index (χ1) is 15.3. The molecule has 1 aromatic heterocycles. The van der Waals surface area contributed by atoms with Crippen LogP contribution in [0.1, 0.15) is 24.3 Å². The van der Waals surface area contributed by atoms with Crippen molar-refractivity contribution >= 4 is 29.3 Å². The maximum absolute atomic E-state index is 12.8. The van der Waals surface area contributed by atoms with Crippen molar-refractivity contribution in [3.63, 3.8) is 0 Å². The lowest BCUT2D eigenvalue weighted by Crippen LogP contribution is -2.51. The van der Waals surface area contributed by atoms with Gasteiger partial charge in [-0.3, -0.25) is 9.59 Å². The van der Waals surface area contributed by atoms with Gasteiger partial charge in [-0.15, -0.1) is 13.2 Å². The molecular formula is C20H23F3N6O4. The zero-order chi connectivity index (χ0) is 24.4. The van der Waals surface area contributed by atoms with E-state index in [2.05, 4.69) is 20.0 Å². The summed E-state index contributed by atoms with van der Waals surface area (Å²) < 4.78 is 41.4. The Labute approximate surface area is 187 Å². The van der Waals surface area contributed by atoms with Crippen molar-refractivity contribution in [2.45, 2.75) is 25.8 Å². The highest BCUT2D eigenvalue weighted by molar-refractivity contribution is 5.98. The second-order valence-electron chi connectivity index (χ2n) is 7.98. The van der Waals surface area contributed by atoms with Gasteiger partial charge >= 0.3 is 6.36 Å². The van der Waals surface area contributed by atoms with Crippen molar-refractivity contribution in [2.24, 2.45) is 5.73 Å². The summed E-state index contributed by atoms with van der Waals surface area (Å²) in [6, 6.07) is 6.46. The Morgan fingerprint density at radius 3 is 2.58 bits per heavy atom. The Morgan fingerprint density at radius 2 is 1.97 bits per heavy atom. The summed E-state index contributed by atoms with van der Waals surface area (Å²) in [5.41, 5.74) is 4.47. The topological polar surface area (TPSA) is 134 Å². The summed E-state index contributed by atoms with van der Waals surface area (Å²) in [5, 5.41) is 12.8. The number of amides is 2. The average molecular weight is 468 g/mol. The summed E-state index contributed by atoms with van der Waals surface area (Å²) in [5.74, 6) is -1.33. The minimum absolute atomic E-state index is 0.0756. The van der Waals surface area contributed by atoms with Crippen LogP contribution in [-0.4, -0.2) is 65.0 Å². The van der Waals surface area contributed by atoms with Gasteiger partial charge in [0.05, 0.1) is 5.60 Å². The van der Waals surface area contributed by atoms with Gasteiger partial charge in [0.25, 0.3) is 5.91 Å². The van der Waals surface area contributed by atoms with Gasteiger partial charge in [0.1, 0.15) is 23.8 Å². The van der Waals surface area contributed by atoms with Gasteiger partial charge in [-0.1, -0.05) is 6.07 Å². The molecule has 3 rings (SSSR count). The van der Waals surface area contributed by atoms with E-state index in [4.69, 9.17) is 5.73 Å². The first-order valence-electron chi connectivity index (χ1n) is 9.87. The molecule has 0 saturated carbocycles. The molecule has 1 aliphatic heterocycles. The molecule has 4 N–H and O–H groups in total. The van der Waals surface area contributed by atoms with Gasteiger partial charge < -0.3 is 30.7 Å². The molecular weight excluding hydrogens is 445 g/mol. The predicted molar refractivity (Wildman–Crippen MR) is 113 cm³/mol. The number of nitrogens with two attached hydrogens (primary N) is 1. The molecule has 2 aromatic rings. The van der Waals surface area contributed by atoms with E-state index < -0.39 is 29.5 Å². The molecule has 2 heterocycles. The van der Waals surface area contributed by atoms with Gasteiger partial charge in [0.2, 0.25) is 11.9 Å². The van der Waals surface area contributed by atoms with E-state index in [0.717, 1.165) is 12.1 Å². The van der Waals surface area contributed by atoms with Gasteiger partial charge in [-0.05, 0) is 26.0 Å². The van der Waals surface area contributed by atoms with Crippen LogP contribution in [0.4, 0.5) is 30.6 Å². The number of carbonyl (C=O) groups excluding carboxylic acids is 2. The Kier molecular flexibility index (Phi) is 6.63. The maximum Gasteiger partial charge on any atom is 0.573 e. The number of alkyl halides is 3. The highest BCUT2D eigenvalue weighted by Crippen LogP contribution is 2.28. The number of rotatable bonds is 7. The van der Waals surface area contributed by atoms with Gasteiger partial charge in [0, 0.05) is 37.5 Å². The van der Waals surface area contributed by atoms with Gasteiger partial charge in [-0.2, -0.15) is 4.98 Å². The number of ether oxygens (including phenoxy) is 1. The Balaban J connectivity index is 1.78. The molecule has 0 bridgehead atoms. The highest BCUT2D eigenvalue weighted by Gasteiger charge is 2.32. The lowest BCUT2D eigenvalue weighted by molar-refractivity contribution is -0.274. The monoisotopic (exact) mass is 468 g/mol. The number of hydrogen-bond donors (Lipinski definition) is 3. The van der Waals surface area contributed by atoms with E-state index in [1.54, 1.807) is 13.8 Å². The molecule has 1 aliphatic rings. The van der Waals surface area contributed by atoms with Gasteiger partial charge in [-0.25, -0.2) is 4.98 Å². The van der Waals surface area contributed by atoms with Crippen LogP contribution in [0, 0.1) is 0 Å². The molecule has 0 radical (unpaired) electrons. The molecule has 178 valence electrons. The quantitative estimate of drug-likeness (QED) is 0.557. The lowest BCUT2D eigenvalue weighted by Gasteiger charge is -2.34. The van der Waals surface area contributed by atoms with Crippen LogP contribution in [0.5, 0.6) is 5.75 Å². The molecule has 2 amide bonds. The fourth-order valence-corrected chi connectivity index (χ4v) is 3.07. The summed E-state index contributed by atoms with van der Waals surface area (Å²) in [6.45, 7) is 3.49. The van der Waals surface area contributed by atoms with Crippen LogP contribution >= 0.6 is 0 Å². The number of hydrogen-bond acceptors (Lipinski definition) is 8. The molecule has 10 nitrogen and oxygen atoms in total. The van der Waals surface area contributed by atoms with E-state index in [9.17, 15) is 27.9 Å². The zero-order valence-corrected chi connectivity index (χ0v) is 17.9. The summed E-state index contributed by atoms with van der Waals surface area (Å²) in [6.07, 6.45) is -4.85. The van der Waals surface area contributed by atoms with E-state index in [-0.39, 0.29) is 49.3 Å². The molecule has 0 aliphatic carbocycles. The average Bonchev–Trinajstić information content (AvgIpc) is 2.70. The summed E-state index contributed by atoms with van der Waals surface area (Å²) in [4.78, 5) is 35.7. The zero-order valence-electron chi connectivity index (χ0n) is 17.9. The highest BCUT2D eigenvalue weighted by atomic mass is 19.4. The standard InChI is InChI=1S/C20H23F3N6O4/c1-19(2,32)11-25-15-9-14(17(24)31)26-18(27-15)28-6-7-29(16(30)10-28)12-4-3-5-13(8-12)33-20(21,22)23/h3-5,8-9,32H,6-7,10-11H2,1-2H3,(H2,24,31)(H,25,26,27). The number of primary amides is 1. The van der Waals surface area contributed by atoms with E-state index in [1.807, 2.05) is 0 Å². The molecule has 33 heavy (non-hydrogen) atoms. The molecule has 1 fully saturated rings. The van der Waals surface area contributed by atoms with Crippen LogP contribution in [0.15, 0.2) is 30.3 Å². The van der Waals surface area contributed by atoms with E-state index in [1.165, 1.54) is 28.0 Å². The second-order valence-corrected chi connectivity index (χ2v) is 7.98. The van der Waals surface area contributed by atoms with Crippen LogP contribution < -0.4 is 25.6 Å². The van der Waals surface area contributed by atoms with Crippen molar-refractivity contribution in [3.8, 4) is 5.75 Å². The van der Waals surface area contributed by atoms with Crippen LogP contribution in [0.2, 0.25) is 0 Å². The SMILES string of the molecule is CC(C)(O)CNc1cc(C(N)=O)nc(N2CCN(c3cccc(OC(F)(F)F)c3)C(=O)C2)n1. The minimum atomic E-state index is -4.85. The van der Waals surface area contributed by atoms with Crippen LogP contribution in [-0.2, 0) is 4.79 Å². The Bertz CT molecular complexity index is 1040. The number of carbonyl (C=O) groups is 2. The minimum Gasteiger partial charge on any atom is -0.406 e. The van der Waals surface area contributed by atoms with Crippen LogP contribution in [0.3, 0.4) is 0 Å². The Hall–Kier alpha value is -3.61. The number of piperazine rings is 1. The fourth-order valence-electron chi connectivity index (χ4n) is 3.07. The molecule has 1 aromatic carbocycles. The van der Waals surface area contributed by atoms with E-state index in [0.29, 0.717) is 0 Å². The third kappa shape index (κ3) is 6.68. The molecule has 1 saturated heterocycles. The number of halogens is 3. The van der Waals surface area contributed by atoms with Crippen molar-refractivity contribution in [3.05, 3.63) is 36.0 Å². The molecule has 0 spiro atoms. The largest absolute Gasteiger partial charge is 0.573 e.